The summed E-state index contributed by atoms with van der Waals surface area (Å²) in [5.41, 5.74) is 35.8. The second kappa shape index (κ2) is 63.9. The first-order valence-corrected chi connectivity index (χ1v) is 49.6. The third-order valence-corrected chi connectivity index (χ3v) is 24.1. The van der Waals surface area contributed by atoms with Gasteiger partial charge in [0.2, 0.25) is 0 Å². The van der Waals surface area contributed by atoms with E-state index in [9.17, 15) is 57.5 Å². The van der Waals surface area contributed by atoms with Gasteiger partial charge in [0.15, 0.2) is 0 Å². The van der Waals surface area contributed by atoms with Gasteiger partial charge < -0.3 is 111 Å². The van der Waals surface area contributed by atoms with Gasteiger partial charge in [-0.15, -0.1) is 0 Å². The van der Waals surface area contributed by atoms with E-state index in [4.69, 9.17) is 92.1 Å². The van der Waals surface area contributed by atoms with Crippen molar-refractivity contribution in [2.45, 2.75) is 198 Å². The van der Waals surface area contributed by atoms with E-state index in [-0.39, 0.29) is 74.4 Å². The van der Waals surface area contributed by atoms with Gasteiger partial charge in [-0.25, -0.2) is 33.6 Å². The molecule has 14 rings (SSSR count). The molecule has 2 amide bonds. The number of carbonyl (C=O) groups is 12. The van der Waals surface area contributed by atoms with Gasteiger partial charge in [0, 0.05) is 72.8 Å². The van der Waals surface area contributed by atoms with Crippen molar-refractivity contribution in [3.05, 3.63) is 275 Å². The molecule has 2 heterocycles. The predicted octanol–water partition coefficient (Wildman–Crippen LogP) is 21.1. The molecule has 0 unspecified atom stereocenters. The van der Waals surface area contributed by atoms with Crippen LogP contribution in [0.4, 0.5) is 38.0 Å². The highest BCUT2D eigenvalue weighted by Gasteiger charge is 2.41. The number of likely N-dealkylation sites (tertiary alicyclic amines) is 2. The lowest BCUT2D eigenvalue weighted by Crippen LogP contribution is -2.35. The molecule has 3 saturated carbocycles. The Bertz CT molecular complexity index is 5610. The molecule has 149 heavy (non-hydrogen) atoms. The average molecular weight is 2060 g/mol. The normalized spacial score (nSPS) is 17.9. The maximum absolute atomic E-state index is 12.3. The SMILES string of the molecule is CC(C)CCOc1cc(N)cc(C(=O)OCc2ccccc2)c1.COC(=O)c1cc(N)cc(OC)c1.COC(=O)c1cccc(N)c1.C[C@@H]1CCCC[C@H]1C(=O)O.C[C@@H]1CCC[C@H]1C(=O)O.C[C@@H]1CN(C(=O)OC(C)(C)C)C[C@H]1C(=O)O.C[C@H]1CCC[C@@H]1C(=O)O.C[C@H]1CN(C(=O)OC(C)(C)C)C[C@@H]1C(=O)O.Nc1cc(OCc2ccccc2)cc(C(=O)OCc2ccccc2)c1.Nc1cccc(C(=O)OCc2ccccc2)c1. The van der Waals surface area contributed by atoms with Crippen molar-refractivity contribution in [1.82, 2.24) is 9.80 Å². The predicted molar refractivity (Wildman–Crippen MR) is 569 cm³/mol. The number of nitrogen functional groups attached to an aromatic ring is 5. The van der Waals surface area contributed by atoms with E-state index in [1.54, 1.807) is 139 Å². The molecule has 0 spiro atoms. The number of carboxylic acid groups (broad SMARTS) is 5. The second-order valence-electron chi connectivity index (χ2n) is 39.3. The fraction of sp³-hybridized carbons (Fsp3) is 0.426. The van der Waals surface area contributed by atoms with Crippen molar-refractivity contribution in [3.8, 4) is 17.2 Å². The maximum Gasteiger partial charge on any atom is 0.410 e. The number of ether oxygens (including phenoxy) is 10. The van der Waals surface area contributed by atoms with Gasteiger partial charge in [-0.2, -0.15) is 0 Å². The Morgan fingerprint density at radius 2 is 0.604 bits per heavy atom. The van der Waals surface area contributed by atoms with E-state index in [2.05, 4.69) is 23.3 Å². The number of anilines is 5. The minimum absolute atomic E-state index is 0.0231. The van der Waals surface area contributed by atoms with Crippen molar-refractivity contribution in [2.24, 2.45) is 65.1 Å². The van der Waals surface area contributed by atoms with Gasteiger partial charge in [0.1, 0.15) is 54.9 Å². The summed E-state index contributed by atoms with van der Waals surface area (Å²) in [4.78, 5) is 138. The van der Waals surface area contributed by atoms with Gasteiger partial charge in [0.25, 0.3) is 0 Å². The van der Waals surface area contributed by atoms with Crippen molar-refractivity contribution in [3.63, 3.8) is 0 Å². The van der Waals surface area contributed by atoms with Crippen LogP contribution in [0.5, 0.6) is 17.2 Å². The Morgan fingerprint density at radius 1 is 0.315 bits per heavy atom. The highest BCUT2D eigenvalue weighted by Crippen LogP contribution is 2.35. The number of esters is 5. The van der Waals surface area contributed by atoms with Crippen molar-refractivity contribution < 1.29 is 130 Å². The zero-order valence-electron chi connectivity index (χ0n) is 88.4. The molecule has 2 saturated heterocycles. The van der Waals surface area contributed by atoms with Crippen LogP contribution in [0.25, 0.3) is 0 Å². The smallest absolute Gasteiger partial charge is 0.410 e. The van der Waals surface area contributed by atoms with Crippen molar-refractivity contribution in [2.75, 3.05) is 82.8 Å². The Morgan fingerprint density at radius 3 is 0.899 bits per heavy atom. The molecule has 0 bridgehead atoms. The largest absolute Gasteiger partial charge is 0.497 e. The number of methoxy groups -OCH3 is 3. The molecular formula is C115H151N7O27. The van der Waals surface area contributed by atoms with Crippen LogP contribution in [0, 0.1) is 65.1 Å². The number of nitrogens with two attached hydrogens (primary N) is 5. The molecule has 10 atom stereocenters. The number of benzene rings is 9. The van der Waals surface area contributed by atoms with Crippen LogP contribution in [-0.2, 0) is 83.6 Å². The Balaban J connectivity index is 0.000000296. The van der Waals surface area contributed by atoms with Crippen LogP contribution in [0.3, 0.4) is 0 Å². The van der Waals surface area contributed by atoms with Crippen molar-refractivity contribution >= 4 is 100 Å². The molecule has 5 fully saturated rings. The van der Waals surface area contributed by atoms with E-state index < -0.39 is 83.0 Å². The Labute approximate surface area is 873 Å². The molecular weight excluding hydrogens is 1910 g/mol. The van der Waals surface area contributed by atoms with E-state index in [1.165, 1.54) is 43.6 Å². The van der Waals surface area contributed by atoms with Gasteiger partial charge >= 0.3 is 71.9 Å². The summed E-state index contributed by atoms with van der Waals surface area (Å²) in [5, 5.41) is 43.7. The number of carbonyl (C=O) groups excluding carboxylic acids is 7. The van der Waals surface area contributed by atoms with Crippen LogP contribution >= 0.6 is 0 Å². The number of hydrogen-bond acceptors (Lipinski definition) is 27. The third-order valence-electron chi connectivity index (χ3n) is 24.1. The van der Waals surface area contributed by atoms with E-state index in [0.717, 1.165) is 86.5 Å². The highest BCUT2D eigenvalue weighted by atomic mass is 16.6. The molecule has 2 aliphatic heterocycles. The van der Waals surface area contributed by atoms with Crippen LogP contribution in [0.1, 0.15) is 235 Å². The molecule has 34 heteroatoms. The van der Waals surface area contributed by atoms with Gasteiger partial charge in [-0.05, 0) is 217 Å². The molecule has 808 valence electrons. The minimum Gasteiger partial charge on any atom is -0.497 e. The number of nitrogens with zero attached hydrogens (tertiary/aromatic N) is 2. The van der Waals surface area contributed by atoms with Gasteiger partial charge in [0.05, 0.1) is 85.3 Å². The monoisotopic (exact) mass is 2060 g/mol. The van der Waals surface area contributed by atoms with Crippen LogP contribution in [-0.4, -0.2) is 173 Å². The number of carboxylic acids is 5. The first kappa shape index (κ1) is 124. The summed E-state index contributed by atoms with van der Waals surface area (Å²) in [6, 6.07) is 66.5. The standard InChI is InChI=1S/C21H19NO3.C19H23NO3.C14H13NO2.2C11H19NO4.C9H11NO3.C8H9NO2.C8H14O2.2C7H12O2/c22-19-11-18(21(23)25-15-17-9-5-2-6-10-17)12-20(13-19)24-14-16-7-3-1-4-8-16;1-14(2)8-9-22-18-11-16(10-17(20)12-18)19(21)23-13-15-6-4-3-5-7-15;15-13-8-4-7-12(9-13)14(16)17-10-11-5-2-1-3-6-11;2*1-7-5-12(6-8(7)9(13)14)10(15)16-11(2,3)4;1-12-8-4-6(9(11)13-2)3-7(10)5-8;1-11-8(10)6-3-2-4-7(9)5-6;1-6-4-2-3-5-7(6)8(9)10;2*1-5-3-2-4-6(5)7(8)9/h1-13H,14-15,22H2;3-7,10-12,14H,8-9,13,20H2,1-2H3;1-9H,10,15H2;2*7-8H,5-6H2,1-4H3,(H,13,14);3-5H,10H2,1-2H3;2-5H,9H2,1H3;6-7H,2-5H2,1H3,(H,9,10);2*5-6H,2-4H2,1H3,(H,8,9)/t;;;2*7-,8-;;;6-,7-;2*5-,6-/m...10..110/s1. The van der Waals surface area contributed by atoms with Crippen molar-refractivity contribution in [1.29, 1.82) is 0 Å². The van der Waals surface area contributed by atoms with Gasteiger partial charge in [-0.1, -0.05) is 208 Å². The van der Waals surface area contributed by atoms with E-state index in [1.807, 2.05) is 156 Å². The lowest BCUT2D eigenvalue weighted by atomic mass is 9.81. The maximum atomic E-state index is 12.3. The lowest BCUT2D eigenvalue weighted by Gasteiger charge is -2.24. The molecule has 5 aliphatic rings. The zero-order chi connectivity index (χ0) is 111. The summed E-state index contributed by atoms with van der Waals surface area (Å²) < 4.78 is 51.6. The molecule has 0 radical (unpaired) electrons. The molecule has 0 aromatic heterocycles. The molecule has 9 aromatic rings. The van der Waals surface area contributed by atoms with E-state index in [0.29, 0.717) is 123 Å². The number of aliphatic carboxylic acids is 5. The number of rotatable bonds is 24. The van der Waals surface area contributed by atoms with Crippen LogP contribution in [0.15, 0.2) is 224 Å². The minimum atomic E-state index is -0.849. The molecule has 3 aliphatic carbocycles. The first-order valence-electron chi connectivity index (χ1n) is 49.6. The van der Waals surface area contributed by atoms with Crippen LogP contribution < -0.4 is 42.9 Å². The topological polar surface area (TPSA) is 535 Å². The molecule has 34 nitrogen and oxygen atoms in total. The fourth-order valence-electron chi connectivity index (χ4n) is 15.9. The Hall–Kier alpha value is -15.4. The molecule has 9 aromatic carbocycles. The fourth-order valence-corrected chi connectivity index (χ4v) is 15.9. The van der Waals surface area contributed by atoms with E-state index >= 15 is 0 Å². The third kappa shape index (κ3) is 47.8. The lowest BCUT2D eigenvalue weighted by molar-refractivity contribution is -0.145. The average Bonchev–Trinajstić information content (AvgIpc) is 1.71. The number of amides is 2. The Kier molecular flexibility index (Phi) is 53.2. The highest BCUT2D eigenvalue weighted by molar-refractivity contribution is 5.93. The summed E-state index contributed by atoms with van der Waals surface area (Å²) in [6.45, 7) is 27.9. The van der Waals surface area contributed by atoms with Crippen LogP contribution in [0.2, 0.25) is 0 Å². The quantitative estimate of drug-likeness (QED) is 0.0153. The van der Waals surface area contributed by atoms with Gasteiger partial charge in [-0.3, -0.25) is 24.0 Å². The summed E-state index contributed by atoms with van der Waals surface area (Å²) in [7, 11) is 4.17. The number of hydrogen-bond donors (Lipinski definition) is 10. The zero-order valence-corrected chi connectivity index (χ0v) is 88.4. The summed E-state index contributed by atoms with van der Waals surface area (Å²) >= 11 is 0. The second-order valence-corrected chi connectivity index (χ2v) is 39.3. The first-order chi connectivity index (χ1) is 70.5. The summed E-state index contributed by atoms with van der Waals surface area (Å²) in [5.74, 6) is -3.24. The summed E-state index contributed by atoms with van der Waals surface area (Å²) in [6.07, 6.45) is 10.5. The molecule has 15 N–H and O–H groups in total.